The third-order valence-corrected chi connectivity index (χ3v) is 10.7. The van der Waals surface area contributed by atoms with Crippen molar-refractivity contribution in [1.82, 2.24) is 23.2 Å². The number of rotatable bonds is 8. The van der Waals surface area contributed by atoms with Gasteiger partial charge in [0.25, 0.3) is 15.9 Å². The van der Waals surface area contributed by atoms with E-state index in [-0.39, 0.29) is 39.0 Å². The number of amides is 1. The number of fused-ring (bicyclic) bond motifs is 1. The Kier molecular flexibility index (Phi) is 8.78. The molecule has 1 amide bonds. The lowest BCUT2D eigenvalue weighted by molar-refractivity contribution is -0.132. The molecule has 236 valence electrons. The lowest BCUT2D eigenvalue weighted by Crippen LogP contribution is -2.51. The first-order valence-electron chi connectivity index (χ1n) is 15.5. The highest BCUT2D eigenvalue weighted by molar-refractivity contribution is 7.90. The van der Waals surface area contributed by atoms with Crippen LogP contribution in [0.1, 0.15) is 42.5 Å². The molecular formula is C34H35N7O4S. The third kappa shape index (κ3) is 5.71. The van der Waals surface area contributed by atoms with E-state index in [9.17, 15) is 28.5 Å². The highest BCUT2D eigenvalue weighted by Crippen LogP contribution is 2.30. The number of likely N-dealkylation sites (tertiary alicyclic amines) is 1. The second-order valence-electron chi connectivity index (χ2n) is 11.8. The molecule has 0 aliphatic carbocycles. The number of carbonyl (C=O) groups excluding carboxylic acids is 1. The molecule has 0 bridgehead atoms. The van der Waals surface area contributed by atoms with Gasteiger partial charge in [-0.2, -0.15) is 14.5 Å². The largest absolute Gasteiger partial charge is 0.344 e. The van der Waals surface area contributed by atoms with Crippen molar-refractivity contribution < 1.29 is 13.2 Å². The van der Waals surface area contributed by atoms with Crippen LogP contribution in [0.3, 0.4) is 0 Å². The van der Waals surface area contributed by atoms with Crippen molar-refractivity contribution in [3.05, 3.63) is 100.0 Å². The maximum absolute atomic E-state index is 14.5. The van der Waals surface area contributed by atoms with Gasteiger partial charge in [-0.25, -0.2) is 13.2 Å². The Morgan fingerprint density at radius 1 is 0.891 bits per heavy atom. The summed E-state index contributed by atoms with van der Waals surface area (Å²) in [7, 11) is -4.46. The summed E-state index contributed by atoms with van der Waals surface area (Å²) >= 11 is 0. The van der Waals surface area contributed by atoms with Gasteiger partial charge in [-0.3, -0.25) is 14.3 Å². The first kappa shape index (κ1) is 31.2. The molecule has 3 heterocycles. The van der Waals surface area contributed by atoms with E-state index in [2.05, 4.69) is 22.8 Å². The summed E-state index contributed by atoms with van der Waals surface area (Å²) in [5.74, 6) is -0.308. The van der Waals surface area contributed by atoms with E-state index in [1.54, 1.807) is 29.2 Å². The van der Waals surface area contributed by atoms with Crippen molar-refractivity contribution in [2.24, 2.45) is 0 Å². The van der Waals surface area contributed by atoms with E-state index in [1.807, 2.05) is 12.1 Å². The third-order valence-electron chi connectivity index (χ3n) is 9.03. The number of imidazole rings is 1. The molecule has 0 saturated carbocycles. The van der Waals surface area contributed by atoms with Crippen LogP contribution < -0.4 is 5.69 Å². The van der Waals surface area contributed by atoms with E-state index in [1.165, 1.54) is 47.0 Å². The molecule has 2 atom stereocenters. The smallest absolute Gasteiger partial charge is 0.339 e. The van der Waals surface area contributed by atoms with E-state index in [0.29, 0.717) is 22.6 Å². The van der Waals surface area contributed by atoms with Crippen LogP contribution in [-0.2, 0) is 14.8 Å². The van der Waals surface area contributed by atoms with Crippen LogP contribution in [-0.4, -0.2) is 89.4 Å². The van der Waals surface area contributed by atoms with E-state index in [0.717, 1.165) is 45.6 Å². The van der Waals surface area contributed by atoms with Crippen molar-refractivity contribution >= 4 is 27.0 Å². The van der Waals surface area contributed by atoms with Gasteiger partial charge < -0.3 is 9.80 Å². The van der Waals surface area contributed by atoms with Crippen molar-refractivity contribution in [3.63, 3.8) is 0 Å². The van der Waals surface area contributed by atoms with Gasteiger partial charge >= 0.3 is 5.69 Å². The zero-order valence-electron chi connectivity index (χ0n) is 25.6. The molecule has 2 aliphatic heterocycles. The van der Waals surface area contributed by atoms with Crippen LogP contribution in [0.4, 0.5) is 0 Å². The number of hydrogen-bond donors (Lipinski definition) is 0. The van der Waals surface area contributed by atoms with Crippen LogP contribution in [0.2, 0.25) is 0 Å². The maximum atomic E-state index is 14.5. The van der Waals surface area contributed by atoms with Crippen molar-refractivity contribution in [3.8, 4) is 12.1 Å². The predicted octanol–water partition coefficient (Wildman–Crippen LogP) is 3.00. The minimum absolute atomic E-state index is 0.0475. The molecule has 1 unspecified atom stereocenters. The Bertz CT molecular complexity index is 2000. The predicted molar refractivity (Wildman–Crippen MR) is 173 cm³/mol. The second kappa shape index (κ2) is 12.9. The quantitative estimate of drug-likeness (QED) is 0.288. The molecule has 0 radical (unpaired) electrons. The number of aromatic nitrogens is 2. The number of hydrogen-bond acceptors (Lipinski definition) is 8. The van der Waals surface area contributed by atoms with Gasteiger partial charge in [0.1, 0.15) is 6.04 Å². The number of benzene rings is 3. The molecular weight excluding hydrogens is 602 g/mol. The summed E-state index contributed by atoms with van der Waals surface area (Å²) in [6, 6.07) is 21.5. The SMILES string of the molecule is CCCN1CCN([C@H]2CCN(C(=O)C(c3ccccc3)n3c(=O)n(S(=O)(=O)c4ccc(C#N)cc4)c4ccc(C#N)cc43)C2)CC1. The van der Waals surface area contributed by atoms with Gasteiger partial charge in [-0.05, 0) is 67.4 Å². The Morgan fingerprint density at radius 2 is 1.57 bits per heavy atom. The molecule has 0 N–H and O–H groups in total. The molecule has 6 rings (SSSR count). The lowest BCUT2D eigenvalue weighted by atomic mass is 10.0. The summed E-state index contributed by atoms with van der Waals surface area (Å²) in [5.41, 5.74) is 0.311. The molecule has 12 heteroatoms. The number of nitrogens with zero attached hydrogens (tertiary/aromatic N) is 7. The molecule has 3 aromatic carbocycles. The lowest BCUT2D eigenvalue weighted by Gasteiger charge is -2.38. The number of piperazine rings is 1. The van der Waals surface area contributed by atoms with Gasteiger partial charge in [0, 0.05) is 45.3 Å². The molecule has 4 aromatic rings. The average molecular weight is 638 g/mol. The Balaban J connectivity index is 1.43. The van der Waals surface area contributed by atoms with E-state index in [4.69, 9.17) is 0 Å². The zero-order chi connectivity index (χ0) is 32.4. The monoisotopic (exact) mass is 637 g/mol. The van der Waals surface area contributed by atoms with Gasteiger partial charge in [-0.1, -0.05) is 37.3 Å². The van der Waals surface area contributed by atoms with Crippen LogP contribution in [0.15, 0.2) is 82.5 Å². The molecule has 11 nitrogen and oxygen atoms in total. The fraction of sp³-hybridized carbons (Fsp3) is 0.353. The topological polar surface area (TPSA) is 135 Å². The van der Waals surface area contributed by atoms with Gasteiger partial charge in [0.15, 0.2) is 0 Å². The highest BCUT2D eigenvalue weighted by Gasteiger charge is 2.38. The molecule has 2 saturated heterocycles. The first-order chi connectivity index (χ1) is 22.3. The minimum atomic E-state index is -4.46. The normalized spacial score (nSPS) is 18.3. The molecule has 2 aliphatic rings. The van der Waals surface area contributed by atoms with E-state index >= 15 is 0 Å². The van der Waals surface area contributed by atoms with Crippen molar-refractivity contribution in [1.29, 1.82) is 10.5 Å². The Morgan fingerprint density at radius 3 is 2.22 bits per heavy atom. The van der Waals surface area contributed by atoms with Gasteiger partial charge in [-0.15, -0.1) is 0 Å². The van der Waals surface area contributed by atoms with E-state index < -0.39 is 21.8 Å². The summed E-state index contributed by atoms with van der Waals surface area (Å²) in [4.78, 5) is 35.4. The minimum Gasteiger partial charge on any atom is -0.339 e. The Hall–Kier alpha value is -4.75. The van der Waals surface area contributed by atoms with Crippen LogP contribution in [0, 0.1) is 22.7 Å². The first-order valence-corrected chi connectivity index (χ1v) is 16.9. The highest BCUT2D eigenvalue weighted by atomic mass is 32.2. The molecule has 0 spiro atoms. The summed E-state index contributed by atoms with van der Waals surface area (Å²) < 4.78 is 29.9. The number of carbonyl (C=O) groups is 1. The fourth-order valence-corrected chi connectivity index (χ4v) is 8.07. The van der Waals surface area contributed by atoms with Gasteiger partial charge in [0.05, 0.1) is 39.2 Å². The molecule has 46 heavy (non-hydrogen) atoms. The van der Waals surface area contributed by atoms with Crippen molar-refractivity contribution in [2.75, 3.05) is 45.8 Å². The fourth-order valence-electron chi connectivity index (χ4n) is 6.67. The summed E-state index contributed by atoms with van der Waals surface area (Å²) in [6.45, 7) is 8.15. The average Bonchev–Trinajstić information content (AvgIpc) is 3.69. The second-order valence-corrected chi connectivity index (χ2v) is 13.6. The van der Waals surface area contributed by atoms with Crippen molar-refractivity contribution in [2.45, 2.75) is 36.7 Å². The summed E-state index contributed by atoms with van der Waals surface area (Å²) in [5, 5.41) is 18.9. The number of nitriles is 2. The van der Waals surface area contributed by atoms with Crippen LogP contribution in [0.5, 0.6) is 0 Å². The van der Waals surface area contributed by atoms with Crippen LogP contribution in [0.25, 0.3) is 11.0 Å². The Labute approximate surface area is 268 Å². The zero-order valence-corrected chi connectivity index (χ0v) is 26.4. The van der Waals surface area contributed by atoms with Crippen LogP contribution >= 0.6 is 0 Å². The summed E-state index contributed by atoms with van der Waals surface area (Å²) in [6.07, 6.45) is 1.93. The maximum Gasteiger partial charge on any atom is 0.344 e. The molecule has 1 aromatic heterocycles. The molecule has 2 fully saturated rings. The standard InChI is InChI=1S/C34H35N7O4S/c1-2-15-37-17-19-38(20-18-37)28-14-16-39(24-28)33(42)32(27-6-4-3-5-7-27)40-31-21-26(23-36)10-13-30(31)41(34(40)43)46(44,45)29-11-8-25(22-35)9-12-29/h3-13,21,28,32H,2,14-20,24H2,1H3/t28-,32?/m0/s1. The van der Waals surface area contributed by atoms with Gasteiger partial charge in [0.2, 0.25) is 0 Å².